The van der Waals surface area contributed by atoms with E-state index in [1.54, 1.807) is 37.3 Å². The molecule has 1 aliphatic heterocycles. The third-order valence-electron chi connectivity index (χ3n) is 4.08. The first-order valence-corrected chi connectivity index (χ1v) is 9.62. The minimum Gasteiger partial charge on any atom is -0.504 e. The molecule has 0 radical (unpaired) electrons. The number of phenolic OH excluding ortho intramolecular Hbond substituents is 1. The second-order valence-electron chi connectivity index (χ2n) is 5.98. The molecule has 0 aromatic heterocycles. The first kappa shape index (κ1) is 19.9. The van der Waals surface area contributed by atoms with Crippen LogP contribution in [0.15, 0.2) is 41.3 Å². The number of aromatic hydroxyl groups is 1. The number of aryl methyl sites for hydroxylation is 1. The van der Waals surface area contributed by atoms with Gasteiger partial charge in [-0.1, -0.05) is 36.1 Å². The van der Waals surface area contributed by atoms with E-state index < -0.39 is 5.97 Å². The molecule has 0 aliphatic carbocycles. The van der Waals surface area contributed by atoms with E-state index >= 15 is 0 Å². The molecule has 0 atom stereocenters. The molecular weight excluding hydrogens is 398 g/mol. The third kappa shape index (κ3) is 3.88. The van der Waals surface area contributed by atoms with E-state index in [4.69, 9.17) is 17.0 Å². The number of ether oxygens (including phenoxy) is 1. The Morgan fingerprint density at radius 1 is 1.29 bits per heavy atom. The number of anilines is 1. The molecule has 1 saturated heterocycles. The van der Waals surface area contributed by atoms with Crippen LogP contribution in [-0.2, 0) is 4.79 Å². The van der Waals surface area contributed by atoms with Crippen molar-refractivity contribution in [2.75, 3.05) is 11.5 Å². The van der Waals surface area contributed by atoms with Gasteiger partial charge < -0.3 is 14.9 Å². The van der Waals surface area contributed by atoms with Gasteiger partial charge in [-0.3, -0.25) is 9.69 Å². The molecule has 1 aliphatic rings. The molecule has 1 amide bonds. The number of carbonyl (C=O) groups excluding carboxylic acids is 1. The predicted molar refractivity (Wildman–Crippen MR) is 113 cm³/mol. The van der Waals surface area contributed by atoms with Crippen LogP contribution in [0.5, 0.6) is 11.5 Å². The number of phenols is 1. The van der Waals surface area contributed by atoms with Crippen LogP contribution in [-0.4, -0.2) is 33.0 Å². The predicted octanol–water partition coefficient (Wildman–Crippen LogP) is 4.20. The first-order chi connectivity index (χ1) is 13.3. The number of hydrogen-bond acceptors (Lipinski definition) is 6. The third-order valence-corrected chi connectivity index (χ3v) is 5.39. The van der Waals surface area contributed by atoms with Crippen LogP contribution >= 0.6 is 24.0 Å². The molecule has 144 valence electrons. The number of nitrogens with zero attached hydrogens (tertiary/aromatic N) is 1. The SMILES string of the molecule is CCOc1cc(C=C2SC(=S)N(c3ccc(C)c(C(=O)O)c3)C2=O)ccc1O. The van der Waals surface area contributed by atoms with Crippen molar-refractivity contribution in [3.05, 3.63) is 58.0 Å². The molecule has 3 rings (SSSR count). The van der Waals surface area contributed by atoms with Crippen molar-refractivity contribution >= 4 is 51.9 Å². The number of rotatable bonds is 5. The fourth-order valence-electron chi connectivity index (χ4n) is 2.71. The van der Waals surface area contributed by atoms with Crippen LogP contribution in [0.25, 0.3) is 6.08 Å². The first-order valence-electron chi connectivity index (χ1n) is 8.39. The summed E-state index contributed by atoms with van der Waals surface area (Å²) in [5.41, 5.74) is 1.81. The smallest absolute Gasteiger partial charge is 0.336 e. The van der Waals surface area contributed by atoms with Crippen molar-refractivity contribution in [3.63, 3.8) is 0 Å². The summed E-state index contributed by atoms with van der Waals surface area (Å²) in [4.78, 5) is 26.0. The van der Waals surface area contributed by atoms with Gasteiger partial charge in [-0.15, -0.1) is 0 Å². The summed E-state index contributed by atoms with van der Waals surface area (Å²) in [6.07, 6.45) is 1.66. The van der Waals surface area contributed by atoms with E-state index in [9.17, 15) is 19.8 Å². The summed E-state index contributed by atoms with van der Waals surface area (Å²) in [6, 6.07) is 9.56. The lowest BCUT2D eigenvalue weighted by Gasteiger charge is -2.16. The van der Waals surface area contributed by atoms with Gasteiger partial charge in [-0.05, 0) is 55.3 Å². The van der Waals surface area contributed by atoms with Crippen LogP contribution in [0.4, 0.5) is 5.69 Å². The second kappa shape index (κ2) is 8.04. The highest BCUT2D eigenvalue weighted by Gasteiger charge is 2.33. The molecule has 2 N–H and O–H groups in total. The summed E-state index contributed by atoms with van der Waals surface area (Å²) >= 11 is 6.47. The Bertz CT molecular complexity index is 1020. The Balaban J connectivity index is 1.94. The Hall–Kier alpha value is -2.84. The highest BCUT2D eigenvalue weighted by molar-refractivity contribution is 8.27. The molecule has 28 heavy (non-hydrogen) atoms. The molecular formula is C20H17NO5S2. The summed E-state index contributed by atoms with van der Waals surface area (Å²) in [7, 11) is 0. The fourth-order valence-corrected chi connectivity index (χ4v) is 4.01. The number of aromatic carboxylic acids is 1. The van der Waals surface area contributed by atoms with E-state index in [-0.39, 0.29) is 17.2 Å². The highest BCUT2D eigenvalue weighted by atomic mass is 32.2. The van der Waals surface area contributed by atoms with Crippen LogP contribution in [0.3, 0.4) is 0 Å². The van der Waals surface area contributed by atoms with Crippen molar-refractivity contribution in [2.45, 2.75) is 13.8 Å². The number of carbonyl (C=O) groups is 2. The molecule has 1 fully saturated rings. The normalized spacial score (nSPS) is 15.4. The number of carboxylic acids is 1. The van der Waals surface area contributed by atoms with Gasteiger partial charge in [0.15, 0.2) is 15.8 Å². The zero-order chi connectivity index (χ0) is 20.4. The van der Waals surface area contributed by atoms with Gasteiger partial charge in [0, 0.05) is 0 Å². The zero-order valence-electron chi connectivity index (χ0n) is 15.1. The molecule has 0 unspecified atom stereocenters. The van der Waals surface area contributed by atoms with Gasteiger partial charge in [-0.25, -0.2) is 4.79 Å². The van der Waals surface area contributed by atoms with Crippen molar-refractivity contribution in [3.8, 4) is 11.5 Å². The van der Waals surface area contributed by atoms with E-state index in [1.807, 2.05) is 6.92 Å². The van der Waals surface area contributed by atoms with Crippen LogP contribution in [0.1, 0.15) is 28.4 Å². The Labute approximate surface area is 171 Å². The van der Waals surface area contributed by atoms with Crippen LogP contribution in [0.2, 0.25) is 0 Å². The lowest BCUT2D eigenvalue weighted by molar-refractivity contribution is -0.113. The van der Waals surface area contributed by atoms with Crippen molar-refractivity contribution in [1.82, 2.24) is 0 Å². The Morgan fingerprint density at radius 2 is 2.04 bits per heavy atom. The molecule has 2 aromatic carbocycles. The van der Waals surface area contributed by atoms with Crippen LogP contribution in [0, 0.1) is 6.92 Å². The zero-order valence-corrected chi connectivity index (χ0v) is 16.8. The largest absolute Gasteiger partial charge is 0.504 e. The summed E-state index contributed by atoms with van der Waals surface area (Å²) in [5, 5.41) is 19.1. The molecule has 0 saturated carbocycles. The topological polar surface area (TPSA) is 87.1 Å². The van der Waals surface area contributed by atoms with Crippen molar-refractivity contribution < 1.29 is 24.5 Å². The monoisotopic (exact) mass is 415 g/mol. The molecule has 0 bridgehead atoms. The van der Waals surface area contributed by atoms with E-state index in [2.05, 4.69) is 0 Å². The fraction of sp³-hybridized carbons (Fsp3) is 0.150. The van der Waals surface area contributed by atoms with Crippen molar-refractivity contribution in [2.24, 2.45) is 0 Å². The maximum atomic E-state index is 12.9. The maximum Gasteiger partial charge on any atom is 0.336 e. The van der Waals surface area contributed by atoms with E-state index in [1.165, 1.54) is 17.0 Å². The minimum atomic E-state index is -1.06. The molecule has 0 spiro atoms. The molecule has 8 heteroatoms. The van der Waals surface area contributed by atoms with Gasteiger partial charge in [-0.2, -0.15) is 0 Å². The summed E-state index contributed by atoms with van der Waals surface area (Å²) < 4.78 is 5.68. The Morgan fingerprint density at radius 3 is 2.71 bits per heavy atom. The molecule has 6 nitrogen and oxygen atoms in total. The Kier molecular flexibility index (Phi) is 5.71. The van der Waals surface area contributed by atoms with Crippen molar-refractivity contribution in [1.29, 1.82) is 0 Å². The second-order valence-corrected chi connectivity index (χ2v) is 7.66. The van der Waals surface area contributed by atoms with Gasteiger partial charge in [0.05, 0.1) is 22.8 Å². The number of carboxylic acid groups (broad SMARTS) is 1. The average Bonchev–Trinajstić information content (AvgIpc) is 2.92. The van der Waals surface area contributed by atoms with Gasteiger partial charge in [0.25, 0.3) is 5.91 Å². The number of amides is 1. The maximum absolute atomic E-state index is 12.9. The average molecular weight is 415 g/mol. The number of hydrogen-bond donors (Lipinski definition) is 2. The number of thioether (sulfide) groups is 1. The number of benzene rings is 2. The van der Waals surface area contributed by atoms with Crippen LogP contribution < -0.4 is 9.64 Å². The summed E-state index contributed by atoms with van der Waals surface area (Å²) in [5.74, 6) is -1.04. The molecule has 1 heterocycles. The van der Waals surface area contributed by atoms with E-state index in [0.29, 0.717) is 38.4 Å². The lowest BCUT2D eigenvalue weighted by Crippen LogP contribution is -2.27. The molecule has 2 aromatic rings. The number of thiocarbonyl (C=S) groups is 1. The quantitative estimate of drug-likeness (QED) is 0.559. The minimum absolute atomic E-state index is 0.0207. The van der Waals surface area contributed by atoms with Gasteiger partial charge in [0.2, 0.25) is 0 Å². The summed E-state index contributed by atoms with van der Waals surface area (Å²) in [6.45, 7) is 3.90. The standard InChI is InChI=1S/C20H17NO5S2/c1-3-26-16-8-12(5-7-15(16)22)9-17-18(23)21(20(27)28-17)13-6-4-11(2)14(10-13)19(24)25/h4-10,22H,3H2,1-2H3,(H,24,25). The van der Waals surface area contributed by atoms with Gasteiger partial charge in [0.1, 0.15) is 0 Å². The highest BCUT2D eigenvalue weighted by Crippen LogP contribution is 2.37. The lowest BCUT2D eigenvalue weighted by atomic mass is 10.1. The van der Waals surface area contributed by atoms with Gasteiger partial charge >= 0.3 is 5.97 Å². The van der Waals surface area contributed by atoms with E-state index in [0.717, 1.165) is 11.8 Å².